The molecule has 0 heterocycles. The highest BCUT2D eigenvalue weighted by atomic mass is 28.1. The Hall–Kier alpha value is 0.0969. The average Bonchev–Trinajstić information content (AvgIpc) is 2.31. The molecule has 4 heteroatoms. The summed E-state index contributed by atoms with van der Waals surface area (Å²) < 4.78 is 11.5. The fourth-order valence-electron chi connectivity index (χ4n) is 2.61. The van der Waals surface area contributed by atoms with Crippen molar-refractivity contribution in [3.05, 3.63) is 0 Å². The van der Waals surface area contributed by atoms with Crippen molar-refractivity contribution in [2.24, 2.45) is 0 Å². The molecular formula is C13H29NO2Si. The second kappa shape index (κ2) is 8.24. The predicted octanol–water partition coefficient (Wildman–Crippen LogP) is 1.39. The lowest BCUT2D eigenvalue weighted by Gasteiger charge is -2.31. The fourth-order valence-corrected chi connectivity index (χ4v) is 3.43. The van der Waals surface area contributed by atoms with E-state index in [4.69, 9.17) is 9.47 Å². The average molecular weight is 259 g/mol. The number of nitrogens with one attached hydrogen (secondary N) is 1. The van der Waals surface area contributed by atoms with Gasteiger partial charge in [-0.1, -0.05) is 19.3 Å². The largest absolute Gasteiger partial charge is 0.355 e. The molecule has 1 aliphatic rings. The summed E-state index contributed by atoms with van der Waals surface area (Å²) in [5.74, 6) is 0. The van der Waals surface area contributed by atoms with Crippen molar-refractivity contribution in [1.82, 2.24) is 5.32 Å². The zero-order valence-electron chi connectivity index (χ0n) is 11.8. The zero-order valence-corrected chi connectivity index (χ0v) is 13.8. The minimum atomic E-state index is -0.273. The quantitative estimate of drug-likeness (QED) is 0.528. The minimum absolute atomic E-state index is 0.273. The first kappa shape index (κ1) is 15.2. The van der Waals surface area contributed by atoms with Gasteiger partial charge in [0.05, 0.1) is 10.2 Å². The molecule has 102 valence electrons. The summed E-state index contributed by atoms with van der Waals surface area (Å²) >= 11 is 0. The highest BCUT2D eigenvalue weighted by Crippen LogP contribution is 2.18. The Balaban J connectivity index is 2.21. The number of ether oxygens (including phenoxy) is 2. The van der Waals surface area contributed by atoms with Gasteiger partial charge in [-0.25, -0.2) is 0 Å². The van der Waals surface area contributed by atoms with Crippen molar-refractivity contribution in [2.75, 3.05) is 19.8 Å². The molecule has 1 N–H and O–H groups in total. The second-order valence-corrected chi connectivity index (χ2v) is 6.56. The van der Waals surface area contributed by atoms with Gasteiger partial charge in [0.1, 0.15) is 5.41 Å². The van der Waals surface area contributed by atoms with E-state index in [0.717, 1.165) is 42.5 Å². The SMILES string of the molecule is CCOC([SiH3])(CCNC1CCCCC1)OCC. The van der Waals surface area contributed by atoms with Crippen LogP contribution in [0.25, 0.3) is 0 Å². The third-order valence-corrected chi connectivity index (χ3v) is 4.59. The van der Waals surface area contributed by atoms with Gasteiger partial charge in [0.2, 0.25) is 0 Å². The van der Waals surface area contributed by atoms with Crippen LogP contribution in [0.4, 0.5) is 0 Å². The Kier molecular flexibility index (Phi) is 7.35. The minimum Gasteiger partial charge on any atom is -0.355 e. The molecule has 0 aromatic heterocycles. The van der Waals surface area contributed by atoms with Gasteiger partial charge in [0, 0.05) is 32.2 Å². The van der Waals surface area contributed by atoms with Crippen molar-refractivity contribution < 1.29 is 9.47 Å². The highest BCUT2D eigenvalue weighted by molar-refractivity contribution is 6.13. The first-order chi connectivity index (χ1) is 8.20. The lowest BCUT2D eigenvalue weighted by atomic mass is 9.95. The van der Waals surface area contributed by atoms with Gasteiger partial charge >= 0.3 is 0 Å². The van der Waals surface area contributed by atoms with E-state index in [9.17, 15) is 0 Å². The Labute approximate surface area is 109 Å². The molecule has 0 spiro atoms. The molecule has 1 aliphatic carbocycles. The molecule has 17 heavy (non-hydrogen) atoms. The van der Waals surface area contributed by atoms with Crippen LogP contribution >= 0.6 is 0 Å². The van der Waals surface area contributed by atoms with Gasteiger partial charge in [-0.2, -0.15) is 0 Å². The summed E-state index contributed by atoms with van der Waals surface area (Å²) in [6.45, 7) is 6.59. The molecular weight excluding hydrogens is 230 g/mol. The van der Waals surface area contributed by atoms with Crippen LogP contribution < -0.4 is 5.32 Å². The van der Waals surface area contributed by atoms with Crippen LogP contribution in [0.2, 0.25) is 0 Å². The van der Waals surface area contributed by atoms with Crippen molar-refractivity contribution in [1.29, 1.82) is 0 Å². The van der Waals surface area contributed by atoms with Crippen LogP contribution in [-0.2, 0) is 9.47 Å². The number of hydrogen-bond acceptors (Lipinski definition) is 3. The fraction of sp³-hybridized carbons (Fsp3) is 1.00. The van der Waals surface area contributed by atoms with Crippen molar-refractivity contribution in [3.63, 3.8) is 0 Å². The second-order valence-electron chi connectivity index (χ2n) is 5.04. The van der Waals surface area contributed by atoms with Crippen LogP contribution in [-0.4, -0.2) is 41.5 Å². The molecule has 0 atom stereocenters. The highest BCUT2D eigenvalue weighted by Gasteiger charge is 2.24. The van der Waals surface area contributed by atoms with Crippen molar-refractivity contribution in [2.45, 2.75) is 63.8 Å². The Bertz CT molecular complexity index is 190. The van der Waals surface area contributed by atoms with Gasteiger partial charge in [-0.3, -0.25) is 0 Å². The van der Waals surface area contributed by atoms with Gasteiger partial charge in [-0.15, -0.1) is 0 Å². The van der Waals surface area contributed by atoms with E-state index in [-0.39, 0.29) is 5.41 Å². The topological polar surface area (TPSA) is 30.5 Å². The van der Waals surface area contributed by atoms with Gasteiger partial charge in [0.15, 0.2) is 0 Å². The normalized spacial score (nSPS) is 18.7. The van der Waals surface area contributed by atoms with Gasteiger partial charge < -0.3 is 14.8 Å². The summed E-state index contributed by atoms with van der Waals surface area (Å²) in [4.78, 5) is 0. The van der Waals surface area contributed by atoms with E-state index < -0.39 is 0 Å². The lowest BCUT2D eigenvalue weighted by Crippen LogP contribution is -2.42. The molecule has 1 rings (SSSR count). The lowest BCUT2D eigenvalue weighted by molar-refractivity contribution is -0.176. The molecule has 0 aromatic carbocycles. The van der Waals surface area contributed by atoms with E-state index >= 15 is 0 Å². The van der Waals surface area contributed by atoms with E-state index in [1.807, 2.05) is 13.8 Å². The standard InChI is InChI=1S/C13H29NO2Si/c1-3-15-13(17,16-4-2)10-11-14-12-8-6-5-7-9-12/h12,14H,3-11H2,1-2,17H3. The maximum absolute atomic E-state index is 5.76. The molecule has 0 aliphatic heterocycles. The molecule has 1 saturated carbocycles. The van der Waals surface area contributed by atoms with Crippen LogP contribution in [0.1, 0.15) is 52.4 Å². The molecule has 0 bridgehead atoms. The first-order valence-corrected chi connectivity index (χ1v) is 8.21. The third kappa shape index (κ3) is 6.00. The van der Waals surface area contributed by atoms with Crippen LogP contribution in [0.15, 0.2) is 0 Å². The van der Waals surface area contributed by atoms with E-state index in [0.29, 0.717) is 0 Å². The summed E-state index contributed by atoms with van der Waals surface area (Å²) in [5, 5.41) is 3.66. The molecule has 0 aromatic rings. The summed E-state index contributed by atoms with van der Waals surface area (Å²) in [6, 6.07) is 0.734. The Morgan fingerprint density at radius 3 is 2.24 bits per heavy atom. The van der Waals surface area contributed by atoms with Crippen LogP contribution in [0.3, 0.4) is 0 Å². The molecule has 3 nitrogen and oxygen atoms in total. The maximum atomic E-state index is 5.76. The molecule has 0 saturated heterocycles. The number of rotatable bonds is 8. The predicted molar refractivity (Wildman–Crippen MR) is 75.4 cm³/mol. The van der Waals surface area contributed by atoms with Gasteiger partial charge in [0.25, 0.3) is 0 Å². The summed E-state index contributed by atoms with van der Waals surface area (Å²) in [7, 11) is 0.931. The third-order valence-electron chi connectivity index (χ3n) is 3.52. The number of hydrogen-bond donors (Lipinski definition) is 1. The molecule has 0 unspecified atom stereocenters. The smallest absolute Gasteiger partial charge is 0.142 e. The Morgan fingerprint density at radius 1 is 1.12 bits per heavy atom. The van der Waals surface area contributed by atoms with Gasteiger partial charge in [-0.05, 0) is 26.7 Å². The zero-order chi connectivity index (χ0) is 12.6. The summed E-state index contributed by atoms with van der Waals surface area (Å²) in [5.41, 5.74) is -0.273. The van der Waals surface area contributed by atoms with E-state index in [1.165, 1.54) is 32.1 Å². The van der Waals surface area contributed by atoms with Crippen LogP contribution in [0, 0.1) is 0 Å². The monoisotopic (exact) mass is 259 g/mol. The van der Waals surface area contributed by atoms with Crippen LogP contribution in [0.5, 0.6) is 0 Å². The van der Waals surface area contributed by atoms with E-state index in [2.05, 4.69) is 5.32 Å². The molecule has 1 fully saturated rings. The van der Waals surface area contributed by atoms with Crippen molar-refractivity contribution >= 4 is 10.2 Å². The maximum Gasteiger partial charge on any atom is 0.142 e. The first-order valence-electron chi connectivity index (χ1n) is 7.21. The van der Waals surface area contributed by atoms with Crippen molar-refractivity contribution in [3.8, 4) is 0 Å². The summed E-state index contributed by atoms with van der Waals surface area (Å²) in [6.07, 6.45) is 7.87. The Morgan fingerprint density at radius 2 is 1.71 bits per heavy atom. The van der Waals surface area contributed by atoms with E-state index in [1.54, 1.807) is 0 Å². The molecule has 0 amide bonds. The molecule has 0 radical (unpaired) electrons.